The van der Waals surface area contributed by atoms with E-state index >= 15 is 0 Å². The number of ether oxygens (including phenoxy) is 4. The lowest BCUT2D eigenvalue weighted by Gasteiger charge is -2.23. The number of aromatic amines is 2. The Bertz CT molecular complexity index is 1850. The van der Waals surface area contributed by atoms with Gasteiger partial charge in [0.15, 0.2) is 0 Å². The van der Waals surface area contributed by atoms with E-state index in [1.54, 1.807) is 13.8 Å². The summed E-state index contributed by atoms with van der Waals surface area (Å²) in [4.78, 5) is 68.8. The van der Waals surface area contributed by atoms with Crippen LogP contribution < -0.4 is 0 Å². The molecule has 2 N–H and O–H groups in total. The summed E-state index contributed by atoms with van der Waals surface area (Å²) in [5, 5.41) is 0. The van der Waals surface area contributed by atoms with Crippen molar-refractivity contribution in [2.75, 3.05) is 14.2 Å². The molecule has 0 radical (unpaired) electrons. The average Bonchev–Trinajstić information content (AvgIpc) is 3.73. The van der Waals surface area contributed by atoms with Crippen LogP contribution in [-0.2, 0) is 51.0 Å². The first-order valence-corrected chi connectivity index (χ1v) is 17.4. The van der Waals surface area contributed by atoms with Gasteiger partial charge in [0.1, 0.15) is 0 Å². The molecule has 4 heterocycles. The van der Waals surface area contributed by atoms with Gasteiger partial charge in [-0.05, 0) is 125 Å². The Morgan fingerprint density at radius 3 is 1.25 bits per heavy atom. The molecule has 0 aromatic carbocycles. The van der Waals surface area contributed by atoms with Crippen molar-refractivity contribution < 1.29 is 38.1 Å². The van der Waals surface area contributed by atoms with Crippen molar-refractivity contribution in [3.8, 4) is 0 Å². The monoisotopic (exact) mass is 714 g/mol. The molecule has 2 aliphatic heterocycles. The van der Waals surface area contributed by atoms with Gasteiger partial charge < -0.3 is 28.9 Å². The molecule has 0 aliphatic carbocycles. The molecule has 2 atom stereocenters. The van der Waals surface area contributed by atoms with E-state index in [-0.39, 0.29) is 12.8 Å². The Balaban J connectivity index is 1.54. The first-order valence-electron chi connectivity index (χ1n) is 17.4. The topological polar surface area (TPSA) is 161 Å². The SMILES string of the molecule is CCc1c(C)[nH]c(/C=C2\N=C(C)C(CC(=O)O[C@@H](C(=O)OC)[C@@H](OC(=O)CC3=C(C)/C(=C/c4[nH]c(C)c(CC)c4C)N=C3C)C(=O)OC)=C2C)c1C. The number of nitrogens with zero attached hydrogens (tertiary/aromatic N) is 2. The van der Waals surface area contributed by atoms with Gasteiger partial charge in [-0.2, -0.15) is 0 Å². The Labute approximate surface area is 305 Å². The van der Waals surface area contributed by atoms with E-state index in [2.05, 4.69) is 47.6 Å². The Hall–Kier alpha value is -5.26. The molecular formula is C40H50N4O8. The number of esters is 4. The van der Waals surface area contributed by atoms with Crippen LogP contribution in [0.1, 0.15) is 99.4 Å². The zero-order valence-electron chi connectivity index (χ0n) is 32.3. The summed E-state index contributed by atoms with van der Waals surface area (Å²) in [5.74, 6) is -3.88. The molecule has 12 heteroatoms. The smallest absolute Gasteiger partial charge is 0.351 e. The molecule has 2 aromatic heterocycles. The molecule has 0 bridgehead atoms. The molecule has 4 rings (SSSR count). The number of aliphatic imine (C=N–C) groups is 2. The lowest BCUT2D eigenvalue weighted by molar-refractivity contribution is -0.189. The van der Waals surface area contributed by atoms with Crippen molar-refractivity contribution in [3.63, 3.8) is 0 Å². The van der Waals surface area contributed by atoms with Gasteiger partial charge in [-0.1, -0.05) is 13.8 Å². The maximum Gasteiger partial charge on any atom is 0.351 e. The summed E-state index contributed by atoms with van der Waals surface area (Å²) in [6, 6.07) is 0. The summed E-state index contributed by atoms with van der Waals surface area (Å²) in [6.07, 6.45) is 1.32. The summed E-state index contributed by atoms with van der Waals surface area (Å²) in [6.45, 7) is 19.6. The number of hydrogen-bond donors (Lipinski definition) is 2. The second-order valence-corrected chi connectivity index (χ2v) is 13.1. The summed E-state index contributed by atoms with van der Waals surface area (Å²) in [7, 11) is 2.14. The van der Waals surface area contributed by atoms with Gasteiger partial charge in [0, 0.05) is 34.2 Å². The quantitative estimate of drug-likeness (QED) is 0.173. The fourth-order valence-electron chi connectivity index (χ4n) is 6.93. The third-order valence-corrected chi connectivity index (χ3v) is 9.96. The van der Waals surface area contributed by atoms with Gasteiger partial charge in [-0.3, -0.25) is 19.6 Å². The van der Waals surface area contributed by atoms with E-state index in [4.69, 9.17) is 18.9 Å². The van der Waals surface area contributed by atoms with Crippen LogP contribution in [0.4, 0.5) is 0 Å². The van der Waals surface area contributed by atoms with Crippen molar-refractivity contribution >= 4 is 47.5 Å². The highest BCUT2D eigenvalue weighted by Gasteiger charge is 2.42. The molecule has 12 nitrogen and oxygen atoms in total. The predicted molar refractivity (Wildman–Crippen MR) is 200 cm³/mol. The number of aromatic nitrogens is 2. The molecule has 0 fully saturated rings. The van der Waals surface area contributed by atoms with Gasteiger partial charge in [0.2, 0.25) is 12.2 Å². The second-order valence-electron chi connectivity index (χ2n) is 13.1. The maximum atomic E-state index is 13.4. The van der Waals surface area contributed by atoms with Crippen LogP contribution in [0.25, 0.3) is 12.2 Å². The standard InChI is InChI=1S/C40H50N4O8/c1-13-27-19(3)31(41-23(27)7)17-33-21(5)29(25(9)43-33)15-35(45)51-37(39(47)49-11)38(40(48)50-12)52-36(46)16-30-22(6)34(44-26(30)10)18-32-20(4)28(14-2)24(8)42-32/h17-18,37-38,41-42H,13-16H2,1-12H3/b33-17-,34-18-/t37-,38-/m1/s1. The zero-order chi connectivity index (χ0) is 38.6. The summed E-state index contributed by atoms with van der Waals surface area (Å²) >= 11 is 0. The van der Waals surface area contributed by atoms with Gasteiger partial charge in [0.25, 0.3) is 0 Å². The summed E-state index contributed by atoms with van der Waals surface area (Å²) in [5.41, 5.74) is 14.2. The lowest BCUT2D eigenvalue weighted by Crippen LogP contribution is -2.47. The number of hydrogen-bond acceptors (Lipinski definition) is 10. The number of aryl methyl sites for hydroxylation is 2. The molecule has 2 aliphatic rings. The minimum Gasteiger partial charge on any atom is -0.466 e. The molecule has 0 unspecified atom stereocenters. The van der Waals surface area contributed by atoms with Crippen LogP contribution in [0.15, 0.2) is 43.7 Å². The van der Waals surface area contributed by atoms with E-state index in [0.29, 0.717) is 34.0 Å². The number of rotatable bonds is 13. The van der Waals surface area contributed by atoms with E-state index in [1.807, 2.05) is 39.8 Å². The molecular weight excluding hydrogens is 664 g/mol. The highest BCUT2D eigenvalue weighted by molar-refractivity contribution is 6.07. The van der Waals surface area contributed by atoms with E-state index in [0.717, 1.165) is 72.1 Å². The largest absolute Gasteiger partial charge is 0.466 e. The van der Waals surface area contributed by atoms with Crippen LogP contribution in [0, 0.1) is 27.7 Å². The molecule has 278 valence electrons. The molecule has 0 saturated carbocycles. The Morgan fingerprint density at radius 1 is 0.615 bits per heavy atom. The van der Waals surface area contributed by atoms with Crippen molar-refractivity contribution in [2.45, 2.75) is 107 Å². The van der Waals surface area contributed by atoms with Crippen molar-refractivity contribution in [1.29, 1.82) is 0 Å². The minimum absolute atomic E-state index is 0.257. The van der Waals surface area contributed by atoms with Crippen LogP contribution in [0.3, 0.4) is 0 Å². The van der Waals surface area contributed by atoms with E-state index < -0.39 is 36.1 Å². The van der Waals surface area contributed by atoms with Crippen molar-refractivity contribution in [3.05, 3.63) is 78.7 Å². The van der Waals surface area contributed by atoms with Crippen LogP contribution in [0.5, 0.6) is 0 Å². The highest BCUT2D eigenvalue weighted by Crippen LogP contribution is 2.33. The Morgan fingerprint density at radius 2 is 0.962 bits per heavy atom. The van der Waals surface area contributed by atoms with Gasteiger partial charge in [0.05, 0.1) is 38.5 Å². The first-order chi connectivity index (χ1) is 24.6. The van der Waals surface area contributed by atoms with Gasteiger partial charge in [-0.25, -0.2) is 9.59 Å². The number of allylic oxidation sites excluding steroid dienone is 2. The first kappa shape index (κ1) is 39.5. The molecule has 2 aromatic rings. The lowest BCUT2D eigenvalue weighted by atomic mass is 10.0. The fraction of sp³-hybridized carbons (Fsp3) is 0.450. The summed E-state index contributed by atoms with van der Waals surface area (Å²) < 4.78 is 20.8. The zero-order valence-corrected chi connectivity index (χ0v) is 32.3. The second kappa shape index (κ2) is 16.4. The molecule has 52 heavy (non-hydrogen) atoms. The minimum atomic E-state index is -1.92. The number of H-pyrrole nitrogens is 2. The van der Waals surface area contributed by atoms with E-state index in [1.165, 1.54) is 11.1 Å². The number of methoxy groups -OCH3 is 2. The van der Waals surface area contributed by atoms with Crippen molar-refractivity contribution in [2.24, 2.45) is 9.98 Å². The highest BCUT2D eigenvalue weighted by atomic mass is 16.6. The van der Waals surface area contributed by atoms with Crippen molar-refractivity contribution in [1.82, 2.24) is 9.97 Å². The average molecular weight is 715 g/mol. The fourth-order valence-corrected chi connectivity index (χ4v) is 6.93. The van der Waals surface area contributed by atoms with Gasteiger partial charge in [-0.15, -0.1) is 0 Å². The Kier molecular flexibility index (Phi) is 12.5. The van der Waals surface area contributed by atoms with E-state index in [9.17, 15) is 19.2 Å². The third kappa shape index (κ3) is 8.11. The number of nitrogens with one attached hydrogen (secondary N) is 2. The molecule has 0 saturated heterocycles. The third-order valence-electron chi connectivity index (χ3n) is 9.96. The maximum absolute atomic E-state index is 13.4. The van der Waals surface area contributed by atoms with Gasteiger partial charge >= 0.3 is 23.9 Å². The van der Waals surface area contributed by atoms with Crippen LogP contribution in [0.2, 0.25) is 0 Å². The normalized spacial score (nSPS) is 17.1. The molecule has 0 spiro atoms. The number of carbonyl (C=O) groups is 4. The predicted octanol–water partition coefficient (Wildman–Crippen LogP) is 6.62. The van der Waals surface area contributed by atoms with Crippen LogP contribution >= 0.6 is 0 Å². The number of carbonyl (C=O) groups excluding carboxylic acids is 4. The van der Waals surface area contributed by atoms with Crippen LogP contribution in [-0.4, -0.2) is 71.7 Å². The molecule has 0 amide bonds.